The van der Waals surface area contributed by atoms with Crippen LogP contribution in [0.3, 0.4) is 0 Å². The van der Waals surface area contributed by atoms with Crippen LogP contribution in [0.5, 0.6) is 5.75 Å². The molecule has 0 saturated heterocycles. The normalized spacial score (nSPS) is 10.3. The van der Waals surface area contributed by atoms with Crippen molar-refractivity contribution in [2.75, 3.05) is 5.32 Å². The molecule has 2 aromatic rings. The van der Waals surface area contributed by atoms with Crippen LogP contribution in [-0.4, -0.2) is 17.1 Å². The first-order valence-corrected chi connectivity index (χ1v) is 8.29. The maximum atomic E-state index is 12.1. The van der Waals surface area contributed by atoms with Crippen LogP contribution < -0.4 is 15.4 Å². The molecule has 2 rings (SSSR count). The molecule has 0 aliphatic rings. The van der Waals surface area contributed by atoms with Crippen molar-refractivity contribution in [1.82, 2.24) is 5.32 Å². The van der Waals surface area contributed by atoms with Crippen LogP contribution in [0.2, 0.25) is 0 Å². The number of anilines is 1. The average Bonchev–Trinajstić information content (AvgIpc) is 2.47. The number of halogens is 1. The fraction of sp³-hybridized carbons (Fsp3) is 0.176. The number of hydrogen-bond acceptors (Lipinski definition) is 3. The summed E-state index contributed by atoms with van der Waals surface area (Å²) in [6, 6.07) is 14.5. The maximum Gasteiger partial charge on any atom is 0.257 e. The highest BCUT2D eigenvalue weighted by molar-refractivity contribution is 9.10. The molecule has 0 bridgehead atoms. The molecule has 0 saturated carbocycles. The van der Waals surface area contributed by atoms with E-state index in [-0.39, 0.29) is 17.1 Å². The first-order chi connectivity index (χ1) is 10.9. The van der Waals surface area contributed by atoms with E-state index < -0.39 is 0 Å². The SMILES string of the molecule is CC(C)Oc1cccc(NC(=S)NC(=O)c2ccc(Br)cc2)c1. The summed E-state index contributed by atoms with van der Waals surface area (Å²) in [5.41, 5.74) is 1.29. The molecule has 0 atom stereocenters. The lowest BCUT2D eigenvalue weighted by molar-refractivity contribution is 0.0977. The molecule has 0 radical (unpaired) electrons. The van der Waals surface area contributed by atoms with Gasteiger partial charge in [0, 0.05) is 21.8 Å². The monoisotopic (exact) mass is 392 g/mol. The maximum absolute atomic E-state index is 12.1. The number of hydrogen-bond donors (Lipinski definition) is 2. The Labute approximate surface area is 149 Å². The number of benzene rings is 2. The molecule has 0 aliphatic carbocycles. The Bertz CT molecular complexity index is 702. The van der Waals surface area contributed by atoms with Crippen LogP contribution in [0.1, 0.15) is 24.2 Å². The van der Waals surface area contributed by atoms with E-state index in [4.69, 9.17) is 17.0 Å². The average molecular weight is 393 g/mol. The summed E-state index contributed by atoms with van der Waals surface area (Å²) in [7, 11) is 0. The van der Waals surface area contributed by atoms with Crippen molar-refractivity contribution in [2.24, 2.45) is 0 Å². The van der Waals surface area contributed by atoms with E-state index >= 15 is 0 Å². The van der Waals surface area contributed by atoms with E-state index in [0.29, 0.717) is 5.56 Å². The molecule has 0 aliphatic heterocycles. The van der Waals surface area contributed by atoms with E-state index in [0.717, 1.165) is 15.9 Å². The standard InChI is InChI=1S/C17H17BrN2O2S/c1-11(2)22-15-5-3-4-14(10-15)19-17(23)20-16(21)12-6-8-13(18)9-7-12/h3-11H,1-2H3,(H2,19,20,21,23). The van der Waals surface area contributed by atoms with Gasteiger partial charge in [-0.25, -0.2) is 0 Å². The number of thiocarbonyl (C=S) groups is 1. The van der Waals surface area contributed by atoms with Gasteiger partial charge in [-0.3, -0.25) is 10.1 Å². The van der Waals surface area contributed by atoms with Gasteiger partial charge in [0.2, 0.25) is 0 Å². The lowest BCUT2D eigenvalue weighted by Crippen LogP contribution is -2.34. The van der Waals surface area contributed by atoms with Gasteiger partial charge in [0.05, 0.1) is 6.10 Å². The first kappa shape index (κ1) is 17.4. The zero-order valence-electron chi connectivity index (χ0n) is 12.8. The molecule has 0 heterocycles. The molecule has 0 aromatic heterocycles. The van der Waals surface area contributed by atoms with Crippen molar-refractivity contribution < 1.29 is 9.53 Å². The zero-order chi connectivity index (χ0) is 16.8. The third-order valence-corrected chi connectivity index (χ3v) is 3.53. The van der Waals surface area contributed by atoms with Crippen molar-refractivity contribution in [3.8, 4) is 5.75 Å². The highest BCUT2D eigenvalue weighted by Gasteiger charge is 2.08. The number of amides is 1. The van der Waals surface area contributed by atoms with Crippen LogP contribution in [0.25, 0.3) is 0 Å². The first-order valence-electron chi connectivity index (χ1n) is 7.08. The second-order valence-corrected chi connectivity index (χ2v) is 6.43. The number of ether oxygens (including phenoxy) is 1. The van der Waals surface area contributed by atoms with Crippen LogP contribution in [-0.2, 0) is 0 Å². The van der Waals surface area contributed by atoms with Crippen LogP contribution in [0.15, 0.2) is 53.0 Å². The fourth-order valence-corrected chi connectivity index (χ4v) is 2.33. The number of nitrogens with one attached hydrogen (secondary N) is 2. The fourth-order valence-electron chi connectivity index (χ4n) is 1.86. The Balaban J connectivity index is 1.96. The quantitative estimate of drug-likeness (QED) is 0.758. The smallest absolute Gasteiger partial charge is 0.257 e. The molecule has 0 fully saturated rings. The van der Waals surface area contributed by atoms with Gasteiger partial charge in [-0.1, -0.05) is 22.0 Å². The van der Waals surface area contributed by atoms with Crippen LogP contribution >= 0.6 is 28.1 Å². The topological polar surface area (TPSA) is 50.4 Å². The number of carbonyl (C=O) groups is 1. The predicted molar refractivity (Wildman–Crippen MR) is 100 cm³/mol. The molecule has 0 unspecified atom stereocenters. The second-order valence-electron chi connectivity index (χ2n) is 5.11. The molecule has 6 heteroatoms. The summed E-state index contributed by atoms with van der Waals surface area (Å²) in [6.45, 7) is 3.92. The lowest BCUT2D eigenvalue weighted by Gasteiger charge is -2.13. The largest absolute Gasteiger partial charge is 0.491 e. The van der Waals surface area contributed by atoms with Gasteiger partial charge >= 0.3 is 0 Å². The highest BCUT2D eigenvalue weighted by Crippen LogP contribution is 2.18. The Kier molecular flexibility index (Phi) is 6.12. The van der Waals surface area contributed by atoms with Gasteiger partial charge in [-0.2, -0.15) is 0 Å². The van der Waals surface area contributed by atoms with Crippen molar-refractivity contribution >= 4 is 44.9 Å². The van der Waals surface area contributed by atoms with Gasteiger partial charge in [0.1, 0.15) is 5.75 Å². The minimum atomic E-state index is -0.260. The van der Waals surface area contributed by atoms with Crippen molar-refractivity contribution in [2.45, 2.75) is 20.0 Å². The van der Waals surface area contributed by atoms with E-state index in [1.165, 1.54) is 0 Å². The summed E-state index contributed by atoms with van der Waals surface area (Å²) in [5.74, 6) is 0.483. The summed E-state index contributed by atoms with van der Waals surface area (Å²) in [5, 5.41) is 5.86. The van der Waals surface area contributed by atoms with Gasteiger partial charge in [-0.15, -0.1) is 0 Å². The Morgan fingerprint density at radius 3 is 2.52 bits per heavy atom. The molecule has 120 valence electrons. The molecule has 2 aromatic carbocycles. The Morgan fingerprint density at radius 1 is 1.17 bits per heavy atom. The van der Waals surface area contributed by atoms with E-state index in [1.54, 1.807) is 24.3 Å². The Morgan fingerprint density at radius 2 is 1.87 bits per heavy atom. The number of rotatable bonds is 4. The van der Waals surface area contributed by atoms with Gasteiger partial charge in [0.25, 0.3) is 5.91 Å². The second kappa shape index (κ2) is 8.08. The summed E-state index contributed by atoms with van der Waals surface area (Å²) >= 11 is 8.51. The summed E-state index contributed by atoms with van der Waals surface area (Å²) < 4.78 is 6.54. The molecular formula is C17H17BrN2O2S. The number of carbonyl (C=O) groups excluding carboxylic acids is 1. The van der Waals surface area contributed by atoms with Crippen molar-refractivity contribution in [3.63, 3.8) is 0 Å². The van der Waals surface area contributed by atoms with E-state index in [9.17, 15) is 4.79 Å². The van der Waals surface area contributed by atoms with Crippen molar-refractivity contribution in [3.05, 3.63) is 58.6 Å². The lowest BCUT2D eigenvalue weighted by atomic mass is 10.2. The van der Waals surface area contributed by atoms with Gasteiger partial charge in [-0.05, 0) is 62.5 Å². The highest BCUT2D eigenvalue weighted by atomic mass is 79.9. The molecule has 23 heavy (non-hydrogen) atoms. The summed E-state index contributed by atoms with van der Waals surface area (Å²) in [4.78, 5) is 12.1. The molecular weight excluding hydrogens is 376 g/mol. The summed E-state index contributed by atoms with van der Waals surface area (Å²) in [6.07, 6.45) is 0.0920. The van der Waals surface area contributed by atoms with Crippen molar-refractivity contribution in [1.29, 1.82) is 0 Å². The van der Waals surface area contributed by atoms with E-state index in [1.807, 2.05) is 38.1 Å². The molecule has 1 amide bonds. The zero-order valence-corrected chi connectivity index (χ0v) is 15.2. The third kappa shape index (κ3) is 5.65. The van der Waals surface area contributed by atoms with Gasteiger partial charge in [0.15, 0.2) is 5.11 Å². The third-order valence-electron chi connectivity index (χ3n) is 2.80. The minimum Gasteiger partial charge on any atom is -0.491 e. The molecule has 2 N–H and O–H groups in total. The molecule has 0 spiro atoms. The minimum absolute atomic E-state index is 0.0920. The Hall–Kier alpha value is -1.92. The molecule has 4 nitrogen and oxygen atoms in total. The van der Waals surface area contributed by atoms with Crippen LogP contribution in [0.4, 0.5) is 5.69 Å². The van der Waals surface area contributed by atoms with Gasteiger partial charge < -0.3 is 10.1 Å². The van der Waals surface area contributed by atoms with Crippen LogP contribution in [0, 0.1) is 0 Å². The predicted octanol–water partition coefficient (Wildman–Crippen LogP) is 4.36. The van der Waals surface area contributed by atoms with E-state index in [2.05, 4.69) is 26.6 Å².